The second-order valence-electron chi connectivity index (χ2n) is 7.78. The van der Waals surface area contributed by atoms with E-state index < -0.39 is 0 Å². The zero-order chi connectivity index (χ0) is 20.8. The molecule has 6 nitrogen and oxygen atoms in total. The van der Waals surface area contributed by atoms with Crippen LogP contribution < -0.4 is 5.32 Å². The smallest absolute Gasteiger partial charge is 0.193 e. The van der Waals surface area contributed by atoms with Gasteiger partial charge in [-0.3, -0.25) is 9.89 Å². The summed E-state index contributed by atoms with van der Waals surface area (Å²) in [7, 11) is 1.87. The molecule has 3 heterocycles. The van der Waals surface area contributed by atoms with Crippen molar-refractivity contribution in [3.63, 3.8) is 0 Å². The lowest BCUT2D eigenvalue weighted by Gasteiger charge is -2.40. The first kappa shape index (κ1) is 20.4. The average Bonchev–Trinajstić information content (AvgIpc) is 3.21. The molecule has 3 aromatic rings. The van der Waals surface area contributed by atoms with Gasteiger partial charge in [0.15, 0.2) is 5.96 Å². The van der Waals surface area contributed by atoms with Gasteiger partial charge in [-0.2, -0.15) is 0 Å². The zero-order valence-electron chi connectivity index (χ0n) is 18.0. The van der Waals surface area contributed by atoms with Gasteiger partial charge in [0.25, 0.3) is 0 Å². The molecule has 0 spiro atoms. The minimum atomic E-state index is 0.498. The second kappa shape index (κ2) is 9.76. The summed E-state index contributed by atoms with van der Waals surface area (Å²) in [6.45, 7) is 7.22. The van der Waals surface area contributed by atoms with Crippen LogP contribution in [0.25, 0.3) is 5.65 Å². The Balaban J connectivity index is 1.28. The van der Waals surface area contributed by atoms with E-state index in [-0.39, 0.29) is 0 Å². The minimum absolute atomic E-state index is 0.498. The number of hydrogen-bond acceptors (Lipinski definition) is 3. The van der Waals surface area contributed by atoms with Crippen LogP contribution in [0.1, 0.15) is 30.6 Å². The molecule has 0 amide bonds. The van der Waals surface area contributed by atoms with Crippen molar-refractivity contribution in [3.8, 4) is 0 Å². The van der Waals surface area contributed by atoms with Crippen LogP contribution in [-0.2, 0) is 6.42 Å². The first-order chi connectivity index (χ1) is 14.8. The van der Waals surface area contributed by atoms with Crippen LogP contribution in [0.3, 0.4) is 0 Å². The highest BCUT2D eigenvalue weighted by atomic mass is 15.3. The molecule has 6 heteroatoms. The van der Waals surface area contributed by atoms with Crippen molar-refractivity contribution in [1.29, 1.82) is 0 Å². The Kier molecular flexibility index (Phi) is 6.64. The maximum absolute atomic E-state index is 4.68. The van der Waals surface area contributed by atoms with Crippen molar-refractivity contribution in [2.75, 3.05) is 39.8 Å². The van der Waals surface area contributed by atoms with E-state index in [1.807, 2.05) is 31.4 Å². The van der Waals surface area contributed by atoms with E-state index in [2.05, 4.69) is 72.9 Å². The van der Waals surface area contributed by atoms with Crippen LogP contribution in [0.5, 0.6) is 0 Å². The van der Waals surface area contributed by atoms with Gasteiger partial charge in [0, 0.05) is 64.6 Å². The summed E-state index contributed by atoms with van der Waals surface area (Å²) >= 11 is 0. The largest absolute Gasteiger partial charge is 0.356 e. The number of nitrogens with zero attached hydrogens (tertiary/aromatic N) is 5. The third-order valence-corrected chi connectivity index (χ3v) is 5.92. The lowest BCUT2D eigenvalue weighted by atomic mass is 10.0. The Morgan fingerprint density at radius 2 is 1.83 bits per heavy atom. The molecular formula is C24H32N6. The van der Waals surface area contributed by atoms with E-state index in [0.29, 0.717) is 6.04 Å². The van der Waals surface area contributed by atoms with Gasteiger partial charge in [0.05, 0.1) is 5.69 Å². The molecule has 1 aliphatic heterocycles. The van der Waals surface area contributed by atoms with Crippen LogP contribution >= 0.6 is 0 Å². The number of aromatic nitrogens is 2. The van der Waals surface area contributed by atoms with E-state index >= 15 is 0 Å². The van der Waals surface area contributed by atoms with Gasteiger partial charge >= 0.3 is 0 Å². The number of benzene rings is 1. The SMILES string of the molecule is CCC(c1ccccc1)N1CCN(C(=NC)NCCc2cn3ccccc3n2)CC1. The minimum Gasteiger partial charge on any atom is -0.356 e. The Bertz CT molecular complexity index is 923. The third kappa shape index (κ3) is 4.65. The van der Waals surface area contributed by atoms with Gasteiger partial charge in [0.2, 0.25) is 0 Å². The highest BCUT2D eigenvalue weighted by Crippen LogP contribution is 2.25. The molecule has 1 fully saturated rings. The zero-order valence-corrected chi connectivity index (χ0v) is 18.0. The molecule has 1 unspecified atom stereocenters. The first-order valence-electron chi connectivity index (χ1n) is 11.0. The fourth-order valence-corrected chi connectivity index (χ4v) is 4.37. The predicted octanol–water partition coefficient (Wildman–Crippen LogP) is 3.22. The van der Waals surface area contributed by atoms with E-state index in [1.165, 1.54) is 5.56 Å². The molecule has 4 rings (SSSR count). The highest BCUT2D eigenvalue weighted by Gasteiger charge is 2.25. The number of hydrogen-bond donors (Lipinski definition) is 1. The summed E-state index contributed by atoms with van der Waals surface area (Å²) in [6.07, 6.45) is 6.16. The molecule has 0 aliphatic carbocycles. The first-order valence-corrected chi connectivity index (χ1v) is 11.0. The fraction of sp³-hybridized carbons (Fsp3) is 0.417. The van der Waals surface area contributed by atoms with Crippen LogP contribution in [-0.4, -0.2) is 64.9 Å². The molecule has 1 N–H and O–H groups in total. The number of fused-ring (bicyclic) bond motifs is 1. The van der Waals surface area contributed by atoms with E-state index in [1.54, 1.807) is 0 Å². The van der Waals surface area contributed by atoms with Crippen LogP contribution in [0.15, 0.2) is 65.9 Å². The lowest BCUT2D eigenvalue weighted by molar-refractivity contribution is 0.127. The molecule has 1 atom stereocenters. The van der Waals surface area contributed by atoms with Gasteiger partial charge in [-0.15, -0.1) is 0 Å². The van der Waals surface area contributed by atoms with Crippen molar-refractivity contribution >= 4 is 11.6 Å². The van der Waals surface area contributed by atoms with Crippen LogP contribution in [0.4, 0.5) is 0 Å². The quantitative estimate of drug-likeness (QED) is 0.506. The van der Waals surface area contributed by atoms with Crippen molar-refractivity contribution < 1.29 is 0 Å². The molecule has 1 aromatic carbocycles. The summed E-state index contributed by atoms with van der Waals surface area (Å²) in [5.41, 5.74) is 3.52. The van der Waals surface area contributed by atoms with Gasteiger partial charge < -0.3 is 14.6 Å². The van der Waals surface area contributed by atoms with Crippen molar-refractivity contribution in [2.45, 2.75) is 25.8 Å². The Morgan fingerprint density at radius 3 is 2.53 bits per heavy atom. The molecule has 1 saturated heterocycles. The van der Waals surface area contributed by atoms with E-state index in [0.717, 1.165) is 62.9 Å². The maximum Gasteiger partial charge on any atom is 0.193 e. The lowest BCUT2D eigenvalue weighted by Crippen LogP contribution is -2.53. The monoisotopic (exact) mass is 404 g/mol. The average molecular weight is 405 g/mol. The Morgan fingerprint density at radius 1 is 1.07 bits per heavy atom. The molecule has 0 bridgehead atoms. The van der Waals surface area contributed by atoms with Gasteiger partial charge in [-0.25, -0.2) is 4.98 Å². The van der Waals surface area contributed by atoms with Gasteiger partial charge in [-0.1, -0.05) is 43.3 Å². The predicted molar refractivity (Wildman–Crippen MR) is 123 cm³/mol. The molecule has 30 heavy (non-hydrogen) atoms. The number of pyridine rings is 1. The second-order valence-corrected chi connectivity index (χ2v) is 7.78. The number of imidazole rings is 1. The van der Waals surface area contributed by atoms with Gasteiger partial charge in [-0.05, 0) is 24.1 Å². The topological polar surface area (TPSA) is 48.2 Å². The molecule has 0 saturated carbocycles. The summed E-state index contributed by atoms with van der Waals surface area (Å²) in [5, 5.41) is 3.53. The van der Waals surface area contributed by atoms with E-state index in [9.17, 15) is 0 Å². The fourth-order valence-electron chi connectivity index (χ4n) is 4.37. The summed E-state index contributed by atoms with van der Waals surface area (Å²) in [5.74, 6) is 0.992. The normalized spacial score (nSPS) is 16.7. The molecule has 158 valence electrons. The third-order valence-electron chi connectivity index (χ3n) is 5.92. The number of aliphatic imine (C=N–C) groups is 1. The molecule has 0 radical (unpaired) electrons. The highest BCUT2D eigenvalue weighted by molar-refractivity contribution is 5.80. The Labute approximate surface area is 179 Å². The maximum atomic E-state index is 4.68. The number of nitrogens with one attached hydrogen (secondary N) is 1. The van der Waals surface area contributed by atoms with Crippen molar-refractivity contribution in [1.82, 2.24) is 24.5 Å². The van der Waals surface area contributed by atoms with Crippen molar-refractivity contribution in [3.05, 3.63) is 72.2 Å². The summed E-state index contributed by atoms with van der Waals surface area (Å²) in [4.78, 5) is 14.2. The number of guanidine groups is 1. The standard InChI is InChI=1S/C24H32N6/c1-3-22(20-9-5-4-6-10-20)28-15-17-29(18-16-28)24(25-2)26-13-12-21-19-30-14-8-7-11-23(30)27-21/h4-11,14,19,22H,3,12-13,15-18H2,1-2H3,(H,25,26). The van der Waals surface area contributed by atoms with Crippen LogP contribution in [0.2, 0.25) is 0 Å². The Hall–Kier alpha value is -2.86. The molecule has 2 aromatic heterocycles. The summed E-state index contributed by atoms with van der Waals surface area (Å²) < 4.78 is 2.07. The van der Waals surface area contributed by atoms with Crippen LogP contribution in [0, 0.1) is 0 Å². The van der Waals surface area contributed by atoms with Crippen molar-refractivity contribution in [2.24, 2.45) is 4.99 Å². The van der Waals surface area contributed by atoms with Gasteiger partial charge in [0.1, 0.15) is 5.65 Å². The number of rotatable bonds is 6. The number of piperazine rings is 1. The summed E-state index contributed by atoms with van der Waals surface area (Å²) in [6, 6.07) is 17.5. The van der Waals surface area contributed by atoms with E-state index in [4.69, 9.17) is 0 Å². The molecular weight excluding hydrogens is 372 g/mol. The molecule has 1 aliphatic rings.